The van der Waals surface area contributed by atoms with E-state index in [9.17, 15) is 30.3 Å². The van der Waals surface area contributed by atoms with Gasteiger partial charge in [0.25, 0.3) is 5.91 Å². The second kappa shape index (κ2) is 8.35. The van der Waals surface area contributed by atoms with E-state index in [0.29, 0.717) is 22.6 Å². The largest absolute Gasteiger partial charge is 0.493 e. The minimum atomic E-state index is -2.73. The number of nitrogens with zero attached hydrogens (tertiary/aromatic N) is 1. The highest BCUT2D eigenvalue weighted by molar-refractivity contribution is 6.08. The Hall–Kier alpha value is -2.53. The molecule has 1 saturated heterocycles. The molecule has 1 heterocycles. The van der Waals surface area contributed by atoms with Crippen molar-refractivity contribution in [3.05, 3.63) is 59.2 Å². The highest BCUT2D eigenvalue weighted by Gasteiger charge is 2.61. The maximum atomic E-state index is 13.1. The summed E-state index contributed by atoms with van der Waals surface area (Å²) in [6.45, 7) is 0.239. The van der Waals surface area contributed by atoms with Gasteiger partial charge in [-0.15, -0.1) is 0 Å². The van der Waals surface area contributed by atoms with Crippen LogP contribution in [0.5, 0.6) is 11.5 Å². The first-order chi connectivity index (χ1) is 15.6. The smallest absolute Gasteiger partial charge is 0.253 e. The average molecular weight is 459 g/mol. The number of likely N-dealkylation sites (tertiary alicyclic amines) is 1. The van der Waals surface area contributed by atoms with E-state index >= 15 is 0 Å². The van der Waals surface area contributed by atoms with Crippen LogP contribution in [-0.2, 0) is 12.3 Å². The zero-order chi connectivity index (χ0) is 24.0. The average Bonchev–Trinajstić information content (AvgIpc) is 3.09. The fraction of sp³-hybridized carbons (Fsp3) is 0.458. The van der Waals surface area contributed by atoms with Crippen LogP contribution in [0.3, 0.4) is 0 Å². The summed E-state index contributed by atoms with van der Waals surface area (Å²) in [5, 5.41) is 54.7. The van der Waals surface area contributed by atoms with Crippen molar-refractivity contribution in [2.75, 3.05) is 27.3 Å². The van der Waals surface area contributed by atoms with Crippen molar-refractivity contribution in [2.45, 2.75) is 36.6 Å². The van der Waals surface area contributed by atoms with E-state index in [1.165, 1.54) is 25.2 Å². The van der Waals surface area contributed by atoms with Gasteiger partial charge in [0.2, 0.25) is 11.6 Å². The third kappa shape index (κ3) is 3.71. The molecular weight excluding hydrogens is 430 g/mol. The van der Waals surface area contributed by atoms with Gasteiger partial charge in [-0.25, -0.2) is 4.90 Å². The molecule has 2 aromatic rings. The summed E-state index contributed by atoms with van der Waals surface area (Å²) >= 11 is 0. The molecule has 4 rings (SSSR count). The molecule has 2 aromatic carbocycles. The molecule has 5 N–H and O–H groups in total. The van der Waals surface area contributed by atoms with E-state index in [0.717, 1.165) is 0 Å². The number of carbonyl (C=O) groups excluding carboxylic acids is 1. The maximum Gasteiger partial charge on any atom is 0.253 e. The quantitative estimate of drug-likeness (QED) is 0.387. The fourth-order valence-corrected chi connectivity index (χ4v) is 4.93. The standard InChI is InChI=1S/C24H29NO8/c1-32-19-12-15-14-22(27,21(26)18(15)13-20(19)33-2)23(28,29)16-8-10-25(11-9-16)24(30,31)17-6-4-3-5-7-17/h3-7,12-13,16,27-31H,8-11,14H2,1-2H3. The molecule has 1 aliphatic heterocycles. The number of ketones is 1. The summed E-state index contributed by atoms with van der Waals surface area (Å²) in [6.07, 6.45) is -0.0365. The van der Waals surface area contributed by atoms with Crippen molar-refractivity contribution in [3.8, 4) is 11.5 Å². The number of piperidine rings is 1. The van der Waals surface area contributed by atoms with Crippen LogP contribution in [0, 0.1) is 5.92 Å². The van der Waals surface area contributed by atoms with Crippen molar-refractivity contribution in [3.63, 3.8) is 0 Å². The van der Waals surface area contributed by atoms with Crippen LogP contribution in [0.25, 0.3) is 0 Å². The number of ether oxygens (including phenoxy) is 2. The van der Waals surface area contributed by atoms with Gasteiger partial charge < -0.3 is 35.0 Å². The Labute approximate surface area is 191 Å². The summed E-state index contributed by atoms with van der Waals surface area (Å²) in [4.78, 5) is 14.5. The van der Waals surface area contributed by atoms with Crippen molar-refractivity contribution in [1.29, 1.82) is 0 Å². The van der Waals surface area contributed by atoms with E-state index in [-0.39, 0.29) is 37.9 Å². The third-order valence-corrected chi connectivity index (χ3v) is 6.95. The lowest BCUT2D eigenvalue weighted by Gasteiger charge is -2.46. The summed E-state index contributed by atoms with van der Waals surface area (Å²) in [7, 11) is 2.87. The topological polar surface area (TPSA) is 140 Å². The first kappa shape index (κ1) is 23.6. The number of benzene rings is 2. The number of Topliss-reactive ketones (excluding diaryl/α,β-unsaturated/α-hetero) is 1. The maximum absolute atomic E-state index is 13.1. The molecule has 0 bridgehead atoms. The molecule has 0 spiro atoms. The Bertz CT molecular complexity index is 1030. The number of methoxy groups -OCH3 is 2. The van der Waals surface area contributed by atoms with E-state index in [4.69, 9.17) is 9.47 Å². The van der Waals surface area contributed by atoms with Gasteiger partial charge in [-0.2, -0.15) is 0 Å². The van der Waals surface area contributed by atoms with Gasteiger partial charge in [-0.3, -0.25) is 4.79 Å². The summed E-state index contributed by atoms with van der Waals surface area (Å²) in [5.41, 5.74) is -1.58. The molecule has 1 unspecified atom stereocenters. The number of rotatable bonds is 6. The normalized spacial score (nSPS) is 22.3. The van der Waals surface area contributed by atoms with Gasteiger partial charge >= 0.3 is 0 Å². The number of fused-ring (bicyclic) bond motifs is 1. The number of aliphatic hydroxyl groups is 5. The molecular formula is C24H29NO8. The molecule has 178 valence electrons. The second-order valence-corrected chi connectivity index (χ2v) is 8.72. The van der Waals surface area contributed by atoms with Gasteiger partial charge in [0.05, 0.1) is 14.2 Å². The molecule has 1 atom stereocenters. The van der Waals surface area contributed by atoms with Crippen LogP contribution in [-0.4, -0.2) is 74.9 Å². The molecule has 33 heavy (non-hydrogen) atoms. The Kier molecular flexibility index (Phi) is 5.98. The molecule has 0 aromatic heterocycles. The monoisotopic (exact) mass is 459 g/mol. The minimum absolute atomic E-state index is 0.119. The molecule has 1 aliphatic carbocycles. The lowest BCUT2D eigenvalue weighted by Crippen LogP contribution is -2.64. The predicted octanol–water partition coefficient (Wildman–Crippen LogP) is 0.362. The van der Waals surface area contributed by atoms with Gasteiger partial charge in [0, 0.05) is 36.6 Å². The third-order valence-electron chi connectivity index (χ3n) is 6.95. The first-order valence-electron chi connectivity index (χ1n) is 10.8. The molecule has 1 fully saturated rings. The second-order valence-electron chi connectivity index (χ2n) is 8.72. The number of carbonyl (C=O) groups is 1. The number of hydrogen-bond acceptors (Lipinski definition) is 9. The van der Waals surface area contributed by atoms with Crippen molar-refractivity contribution < 1.29 is 39.8 Å². The summed E-state index contributed by atoms with van der Waals surface area (Å²) in [5.74, 6) is -5.95. The highest BCUT2D eigenvalue weighted by atomic mass is 16.5. The van der Waals surface area contributed by atoms with E-state index in [2.05, 4.69) is 0 Å². The molecule has 0 radical (unpaired) electrons. The predicted molar refractivity (Wildman–Crippen MR) is 117 cm³/mol. The van der Waals surface area contributed by atoms with E-state index in [1.807, 2.05) is 0 Å². The zero-order valence-electron chi connectivity index (χ0n) is 18.6. The number of hydrogen-bond donors (Lipinski definition) is 5. The van der Waals surface area contributed by atoms with Crippen LogP contribution in [0.2, 0.25) is 0 Å². The molecule has 0 saturated carbocycles. The van der Waals surface area contributed by atoms with Crippen LogP contribution in [0.1, 0.15) is 34.3 Å². The molecule has 9 heteroatoms. The van der Waals surface area contributed by atoms with Gasteiger partial charge in [-0.05, 0) is 30.5 Å². The van der Waals surface area contributed by atoms with Gasteiger partial charge in [0.15, 0.2) is 17.1 Å². The Morgan fingerprint density at radius 1 is 0.970 bits per heavy atom. The zero-order valence-corrected chi connectivity index (χ0v) is 18.6. The van der Waals surface area contributed by atoms with Crippen LogP contribution >= 0.6 is 0 Å². The van der Waals surface area contributed by atoms with Gasteiger partial charge in [0.1, 0.15) is 0 Å². The van der Waals surface area contributed by atoms with Crippen LogP contribution in [0.4, 0.5) is 0 Å². The Morgan fingerprint density at radius 3 is 2.12 bits per heavy atom. The van der Waals surface area contributed by atoms with Crippen LogP contribution < -0.4 is 9.47 Å². The highest BCUT2D eigenvalue weighted by Crippen LogP contribution is 2.46. The SMILES string of the molecule is COc1cc2c(cc1OC)C(=O)C(O)(C(O)(O)C1CCN(C(O)(O)c3ccccc3)CC1)C2. The van der Waals surface area contributed by atoms with E-state index < -0.39 is 29.0 Å². The van der Waals surface area contributed by atoms with Crippen molar-refractivity contribution in [2.24, 2.45) is 5.92 Å². The molecule has 9 nitrogen and oxygen atoms in total. The summed E-state index contributed by atoms with van der Waals surface area (Å²) < 4.78 is 10.5. The van der Waals surface area contributed by atoms with Gasteiger partial charge in [-0.1, -0.05) is 30.3 Å². The van der Waals surface area contributed by atoms with E-state index in [1.54, 1.807) is 36.4 Å². The first-order valence-corrected chi connectivity index (χ1v) is 10.8. The van der Waals surface area contributed by atoms with Crippen LogP contribution in [0.15, 0.2) is 42.5 Å². The molecule has 2 aliphatic rings. The fourth-order valence-electron chi connectivity index (χ4n) is 4.93. The summed E-state index contributed by atoms with van der Waals surface area (Å²) in [6, 6.07) is 11.3. The van der Waals surface area contributed by atoms with Crippen molar-refractivity contribution in [1.82, 2.24) is 4.90 Å². The Balaban J connectivity index is 1.54. The minimum Gasteiger partial charge on any atom is -0.493 e. The molecule has 0 amide bonds. The lowest BCUT2D eigenvalue weighted by molar-refractivity contribution is -0.309. The van der Waals surface area contributed by atoms with Crippen molar-refractivity contribution >= 4 is 5.78 Å². The lowest BCUT2D eigenvalue weighted by atomic mass is 9.76. The Morgan fingerprint density at radius 2 is 1.55 bits per heavy atom.